The molecule has 2 heterocycles. The summed E-state index contributed by atoms with van der Waals surface area (Å²) in [6.45, 7) is 1.97. The molecule has 0 aliphatic carbocycles. The highest BCUT2D eigenvalue weighted by Crippen LogP contribution is 2.32. The van der Waals surface area contributed by atoms with Gasteiger partial charge in [-0.25, -0.2) is 4.98 Å². The fraction of sp³-hybridized carbons (Fsp3) is 0.333. The molecule has 0 atom stereocenters. The smallest absolute Gasteiger partial charge is 0.226 e. The highest BCUT2D eigenvalue weighted by Gasteiger charge is 2.13. The molecule has 0 aliphatic heterocycles. The molecular formula is C15H17N5O3S. The SMILES string of the molecule is CCc1nnc(CSc2n[nH]c(-c3ccc(OC)cc3OC)n2)o1. The molecule has 24 heavy (non-hydrogen) atoms. The Labute approximate surface area is 143 Å². The molecule has 9 heteroatoms. The van der Waals surface area contributed by atoms with E-state index in [1.807, 2.05) is 19.1 Å². The van der Waals surface area contributed by atoms with Crippen LogP contribution in [-0.2, 0) is 12.2 Å². The van der Waals surface area contributed by atoms with Crippen LogP contribution in [0.15, 0.2) is 27.8 Å². The number of benzene rings is 1. The summed E-state index contributed by atoms with van der Waals surface area (Å²) >= 11 is 1.42. The molecule has 3 rings (SSSR count). The maximum atomic E-state index is 5.47. The fourth-order valence-corrected chi connectivity index (χ4v) is 2.68. The number of aromatic amines is 1. The van der Waals surface area contributed by atoms with Gasteiger partial charge in [0.15, 0.2) is 5.82 Å². The second-order valence-corrected chi connectivity index (χ2v) is 5.71. The first-order chi connectivity index (χ1) is 11.7. The van der Waals surface area contributed by atoms with Crippen LogP contribution in [0.3, 0.4) is 0 Å². The Bertz CT molecular complexity index is 817. The van der Waals surface area contributed by atoms with Crippen molar-refractivity contribution in [3.8, 4) is 22.9 Å². The van der Waals surface area contributed by atoms with Crippen molar-refractivity contribution in [3.63, 3.8) is 0 Å². The molecule has 1 N–H and O–H groups in total. The van der Waals surface area contributed by atoms with Gasteiger partial charge in [-0.05, 0) is 12.1 Å². The summed E-state index contributed by atoms with van der Waals surface area (Å²) in [5.41, 5.74) is 0.809. The maximum absolute atomic E-state index is 5.47. The largest absolute Gasteiger partial charge is 0.497 e. The first-order valence-electron chi connectivity index (χ1n) is 7.32. The van der Waals surface area contributed by atoms with Crippen LogP contribution in [0.5, 0.6) is 11.5 Å². The monoisotopic (exact) mass is 347 g/mol. The Kier molecular flexibility index (Phi) is 4.99. The van der Waals surface area contributed by atoms with E-state index in [4.69, 9.17) is 13.9 Å². The number of aryl methyl sites for hydroxylation is 1. The lowest BCUT2D eigenvalue weighted by Gasteiger charge is -2.07. The first kappa shape index (κ1) is 16.3. The molecule has 3 aromatic rings. The minimum atomic E-state index is 0.518. The van der Waals surface area contributed by atoms with Gasteiger partial charge in [-0.2, -0.15) is 0 Å². The van der Waals surface area contributed by atoms with Crippen molar-refractivity contribution in [2.75, 3.05) is 14.2 Å². The molecule has 0 amide bonds. The molecular weight excluding hydrogens is 330 g/mol. The summed E-state index contributed by atoms with van der Waals surface area (Å²) in [5.74, 6) is 3.70. The quantitative estimate of drug-likeness (QED) is 0.651. The Morgan fingerprint density at radius 2 is 2.00 bits per heavy atom. The van der Waals surface area contributed by atoms with E-state index in [-0.39, 0.29) is 0 Å². The second kappa shape index (κ2) is 7.35. The highest BCUT2D eigenvalue weighted by molar-refractivity contribution is 7.98. The van der Waals surface area contributed by atoms with Crippen LogP contribution in [0.1, 0.15) is 18.7 Å². The number of nitrogens with one attached hydrogen (secondary N) is 1. The van der Waals surface area contributed by atoms with E-state index < -0.39 is 0 Å². The zero-order valence-corrected chi connectivity index (χ0v) is 14.4. The molecule has 0 saturated carbocycles. The number of ether oxygens (including phenoxy) is 2. The van der Waals surface area contributed by atoms with Gasteiger partial charge in [-0.15, -0.1) is 15.3 Å². The fourth-order valence-electron chi connectivity index (χ4n) is 2.04. The van der Waals surface area contributed by atoms with E-state index in [2.05, 4.69) is 25.4 Å². The van der Waals surface area contributed by atoms with Crippen LogP contribution in [-0.4, -0.2) is 39.6 Å². The van der Waals surface area contributed by atoms with Crippen LogP contribution in [0.4, 0.5) is 0 Å². The topological polar surface area (TPSA) is 99.0 Å². The molecule has 0 aliphatic rings. The van der Waals surface area contributed by atoms with Crippen LogP contribution < -0.4 is 9.47 Å². The molecule has 0 bridgehead atoms. The lowest BCUT2D eigenvalue weighted by molar-refractivity contribution is 0.395. The zero-order chi connectivity index (χ0) is 16.9. The van der Waals surface area contributed by atoms with Crippen molar-refractivity contribution >= 4 is 11.8 Å². The van der Waals surface area contributed by atoms with E-state index in [9.17, 15) is 0 Å². The number of hydrogen-bond acceptors (Lipinski definition) is 8. The number of aromatic nitrogens is 5. The van der Waals surface area contributed by atoms with Crippen molar-refractivity contribution in [2.45, 2.75) is 24.3 Å². The Balaban J connectivity index is 1.73. The van der Waals surface area contributed by atoms with Gasteiger partial charge in [-0.3, -0.25) is 5.10 Å². The number of H-pyrrole nitrogens is 1. The van der Waals surface area contributed by atoms with Crippen molar-refractivity contribution < 1.29 is 13.9 Å². The normalized spacial score (nSPS) is 10.8. The third-order valence-electron chi connectivity index (χ3n) is 3.26. The minimum Gasteiger partial charge on any atom is -0.497 e. The standard InChI is InChI=1S/C15H17N5O3S/c1-4-12-17-18-13(23-12)8-24-15-16-14(19-20-15)10-6-5-9(21-2)7-11(10)22-3/h5-7H,4,8H2,1-3H3,(H,16,19,20). The first-order valence-corrected chi connectivity index (χ1v) is 8.31. The third kappa shape index (κ3) is 3.51. The van der Waals surface area contributed by atoms with Crippen LogP contribution in [0.25, 0.3) is 11.4 Å². The molecule has 8 nitrogen and oxygen atoms in total. The summed E-state index contributed by atoms with van der Waals surface area (Å²) in [6.07, 6.45) is 0.722. The highest BCUT2D eigenvalue weighted by atomic mass is 32.2. The summed E-state index contributed by atoms with van der Waals surface area (Å²) in [7, 11) is 3.21. The van der Waals surface area contributed by atoms with Gasteiger partial charge in [0, 0.05) is 12.5 Å². The summed E-state index contributed by atoms with van der Waals surface area (Å²) in [5, 5.41) is 15.6. The number of methoxy groups -OCH3 is 2. The van der Waals surface area contributed by atoms with E-state index in [1.54, 1.807) is 20.3 Å². The predicted octanol–water partition coefficient (Wildman–Crippen LogP) is 2.73. The molecule has 0 radical (unpaired) electrons. The molecule has 1 aromatic carbocycles. The van der Waals surface area contributed by atoms with Gasteiger partial charge in [-0.1, -0.05) is 18.7 Å². The second-order valence-electron chi connectivity index (χ2n) is 4.76. The average Bonchev–Trinajstić information content (AvgIpc) is 3.28. The molecule has 2 aromatic heterocycles. The zero-order valence-electron chi connectivity index (χ0n) is 13.6. The van der Waals surface area contributed by atoms with Crippen LogP contribution in [0.2, 0.25) is 0 Å². The minimum absolute atomic E-state index is 0.518. The molecule has 0 fully saturated rings. The van der Waals surface area contributed by atoms with Gasteiger partial charge in [0.05, 0.1) is 25.5 Å². The van der Waals surface area contributed by atoms with E-state index >= 15 is 0 Å². The van der Waals surface area contributed by atoms with Crippen molar-refractivity contribution in [2.24, 2.45) is 0 Å². The lowest BCUT2D eigenvalue weighted by atomic mass is 10.2. The summed E-state index contributed by atoms with van der Waals surface area (Å²) in [6, 6.07) is 5.52. The summed E-state index contributed by atoms with van der Waals surface area (Å²) < 4.78 is 16.1. The van der Waals surface area contributed by atoms with Gasteiger partial charge in [0.1, 0.15) is 11.5 Å². The maximum Gasteiger partial charge on any atom is 0.226 e. The van der Waals surface area contributed by atoms with Gasteiger partial charge in [0.2, 0.25) is 16.9 Å². The average molecular weight is 347 g/mol. The van der Waals surface area contributed by atoms with E-state index in [1.165, 1.54) is 11.8 Å². The molecule has 0 unspecified atom stereocenters. The molecule has 0 saturated heterocycles. The number of thioether (sulfide) groups is 1. The molecule has 126 valence electrons. The van der Waals surface area contributed by atoms with Gasteiger partial charge >= 0.3 is 0 Å². The predicted molar refractivity (Wildman–Crippen MR) is 88.2 cm³/mol. The van der Waals surface area contributed by atoms with Crippen molar-refractivity contribution in [1.82, 2.24) is 25.4 Å². The van der Waals surface area contributed by atoms with Gasteiger partial charge in [0.25, 0.3) is 0 Å². The van der Waals surface area contributed by atoms with Crippen molar-refractivity contribution in [1.29, 1.82) is 0 Å². The third-order valence-corrected chi connectivity index (χ3v) is 4.10. The van der Waals surface area contributed by atoms with E-state index in [0.717, 1.165) is 12.0 Å². The number of hydrogen-bond donors (Lipinski definition) is 1. The van der Waals surface area contributed by atoms with Gasteiger partial charge < -0.3 is 13.9 Å². The van der Waals surface area contributed by atoms with E-state index in [0.29, 0.717) is 40.0 Å². The Morgan fingerprint density at radius 1 is 1.17 bits per heavy atom. The molecule has 0 spiro atoms. The Hall–Kier alpha value is -2.55. The van der Waals surface area contributed by atoms with Crippen LogP contribution >= 0.6 is 11.8 Å². The number of rotatable bonds is 7. The number of nitrogens with zero attached hydrogens (tertiary/aromatic N) is 4. The van der Waals surface area contributed by atoms with Crippen LogP contribution in [0, 0.1) is 0 Å². The lowest BCUT2D eigenvalue weighted by Crippen LogP contribution is -1.91. The summed E-state index contributed by atoms with van der Waals surface area (Å²) in [4.78, 5) is 4.47. The Morgan fingerprint density at radius 3 is 2.71 bits per heavy atom. The van der Waals surface area contributed by atoms with Crippen molar-refractivity contribution in [3.05, 3.63) is 30.0 Å².